The van der Waals surface area contributed by atoms with Crippen LogP contribution in [-0.4, -0.2) is 18.0 Å². The maximum absolute atomic E-state index is 12.8. The van der Waals surface area contributed by atoms with Gasteiger partial charge in [-0.2, -0.15) is 0 Å². The summed E-state index contributed by atoms with van der Waals surface area (Å²) in [5.41, 5.74) is 8.00. The highest BCUT2D eigenvalue weighted by molar-refractivity contribution is 6.30. The van der Waals surface area contributed by atoms with Gasteiger partial charge in [-0.25, -0.2) is 0 Å². The van der Waals surface area contributed by atoms with Gasteiger partial charge in [0.05, 0.1) is 5.54 Å². The first-order valence-electron chi connectivity index (χ1n) is 9.97. The molecule has 0 aliphatic heterocycles. The van der Waals surface area contributed by atoms with Crippen molar-refractivity contribution in [2.24, 2.45) is 5.73 Å². The Balaban J connectivity index is 1.78. The summed E-state index contributed by atoms with van der Waals surface area (Å²) < 4.78 is 0. The zero-order valence-corrected chi connectivity index (χ0v) is 17.8. The molecule has 0 aromatic heterocycles. The van der Waals surface area contributed by atoms with Crippen molar-refractivity contribution < 1.29 is 4.79 Å². The van der Waals surface area contributed by atoms with Crippen LogP contribution in [0.25, 0.3) is 0 Å². The fourth-order valence-corrected chi connectivity index (χ4v) is 4.33. The van der Waals surface area contributed by atoms with E-state index in [2.05, 4.69) is 12.2 Å². The molecule has 28 heavy (non-hydrogen) atoms. The van der Waals surface area contributed by atoms with Crippen molar-refractivity contribution >= 4 is 29.1 Å². The van der Waals surface area contributed by atoms with E-state index in [1.54, 1.807) is 0 Å². The van der Waals surface area contributed by atoms with Crippen LogP contribution in [-0.2, 0) is 4.79 Å². The standard InChI is InChI=1S/C23H28Cl2N2O/c1-16(17-5-9-19(24)10-6-17)21(18-7-11-20(25)12-8-18)15-27-22(28)23(26)13-3-2-4-14-23/h5-12,16,21H,2-4,13-15,26H2,1H3,(H,27,28). The molecule has 2 aromatic rings. The summed E-state index contributed by atoms with van der Waals surface area (Å²) in [6, 6.07) is 15.8. The molecular weight excluding hydrogens is 391 g/mol. The molecule has 1 amide bonds. The van der Waals surface area contributed by atoms with Crippen LogP contribution in [0.3, 0.4) is 0 Å². The van der Waals surface area contributed by atoms with Crippen molar-refractivity contribution in [3.05, 3.63) is 69.7 Å². The summed E-state index contributed by atoms with van der Waals surface area (Å²) in [4.78, 5) is 12.8. The molecule has 150 valence electrons. The van der Waals surface area contributed by atoms with E-state index in [0.29, 0.717) is 11.6 Å². The van der Waals surface area contributed by atoms with Crippen molar-refractivity contribution in [2.75, 3.05) is 6.54 Å². The fourth-order valence-electron chi connectivity index (χ4n) is 4.08. The third-order valence-electron chi connectivity index (χ3n) is 5.98. The number of nitrogens with one attached hydrogen (secondary N) is 1. The fraction of sp³-hybridized carbons (Fsp3) is 0.435. The highest BCUT2D eigenvalue weighted by Gasteiger charge is 2.35. The van der Waals surface area contributed by atoms with E-state index in [9.17, 15) is 4.79 Å². The number of amides is 1. The Hall–Kier alpha value is -1.55. The van der Waals surface area contributed by atoms with Gasteiger partial charge in [-0.1, -0.05) is 73.7 Å². The van der Waals surface area contributed by atoms with E-state index >= 15 is 0 Å². The van der Waals surface area contributed by atoms with E-state index < -0.39 is 5.54 Å². The molecule has 5 heteroatoms. The first-order valence-corrected chi connectivity index (χ1v) is 10.7. The third kappa shape index (κ3) is 5.08. The van der Waals surface area contributed by atoms with Gasteiger partial charge in [-0.3, -0.25) is 4.79 Å². The molecule has 0 radical (unpaired) electrons. The number of hydrogen-bond acceptors (Lipinski definition) is 2. The Kier molecular flexibility index (Phi) is 7.03. The van der Waals surface area contributed by atoms with Crippen molar-refractivity contribution in [3.63, 3.8) is 0 Å². The molecule has 3 nitrogen and oxygen atoms in total. The van der Waals surface area contributed by atoms with Gasteiger partial charge in [-0.05, 0) is 54.2 Å². The normalized spacial score (nSPS) is 18.3. The van der Waals surface area contributed by atoms with Crippen molar-refractivity contribution in [3.8, 4) is 0 Å². The topological polar surface area (TPSA) is 55.1 Å². The monoisotopic (exact) mass is 418 g/mol. The third-order valence-corrected chi connectivity index (χ3v) is 6.48. The first kappa shape index (κ1) is 21.2. The van der Waals surface area contributed by atoms with Crippen molar-refractivity contribution in [1.82, 2.24) is 5.32 Å². The second-order valence-electron chi connectivity index (χ2n) is 7.93. The zero-order chi connectivity index (χ0) is 20.1. The number of rotatable bonds is 6. The quantitative estimate of drug-likeness (QED) is 0.635. The Labute approximate surface area is 177 Å². The van der Waals surface area contributed by atoms with E-state index in [-0.39, 0.29) is 17.7 Å². The predicted octanol–water partition coefficient (Wildman–Crippen LogP) is 5.66. The molecule has 1 fully saturated rings. The van der Waals surface area contributed by atoms with Gasteiger partial charge in [0.25, 0.3) is 0 Å². The first-order chi connectivity index (χ1) is 13.4. The molecule has 1 aliphatic carbocycles. The number of halogens is 2. The highest BCUT2D eigenvalue weighted by atomic mass is 35.5. The van der Waals surface area contributed by atoms with Gasteiger partial charge >= 0.3 is 0 Å². The molecular formula is C23H28Cl2N2O. The smallest absolute Gasteiger partial charge is 0.240 e. The molecule has 1 aliphatic rings. The van der Waals surface area contributed by atoms with Crippen LogP contribution in [0.15, 0.2) is 48.5 Å². The minimum Gasteiger partial charge on any atom is -0.354 e. The van der Waals surface area contributed by atoms with Crippen molar-refractivity contribution in [2.45, 2.75) is 56.4 Å². The summed E-state index contributed by atoms with van der Waals surface area (Å²) in [7, 11) is 0. The average molecular weight is 419 g/mol. The predicted molar refractivity (Wildman–Crippen MR) is 117 cm³/mol. The molecule has 3 N–H and O–H groups in total. The highest BCUT2D eigenvalue weighted by Crippen LogP contribution is 2.34. The summed E-state index contributed by atoms with van der Waals surface area (Å²) in [6.07, 6.45) is 4.72. The van der Waals surface area contributed by atoms with Crippen LogP contribution < -0.4 is 11.1 Å². The SMILES string of the molecule is CC(c1ccc(Cl)cc1)C(CNC(=O)C1(N)CCCCC1)c1ccc(Cl)cc1. The van der Waals surface area contributed by atoms with Gasteiger partial charge in [0, 0.05) is 22.5 Å². The van der Waals surface area contributed by atoms with Crippen LogP contribution in [0.5, 0.6) is 0 Å². The molecule has 2 atom stereocenters. The van der Waals surface area contributed by atoms with Gasteiger partial charge in [0.2, 0.25) is 5.91 Å². The summed E-state index contributed by atoms with van der Waals surface area (Å²) in [5.74, 6) is 0.267. The summed E-state index contributed by atoms with van der Waals surface area (Å²) in [5, 5.41) is 4.57. The molecule has 0 bridgehead atoms. The number of carbonyl (C=O) groups excluding carboxylic acids is 1. The maximum Gasteiger partial charge on any atom is 0.240 e. The molecule has 1 saturated carbocycles. The number of hydrogen-bond donors (Lipinski definition) is 2. The average Bonchev–Trinajstić information content (AvgIpc) is 2.70. The summed E-state index contributed by atoms with van der Waals surface area (Å²) >= 11 is 12.1. The molecule has 2 unspecified atom stereocenters. The molecule has 0 heterocycles. The van der Waals surface area contributed by atoms with E-state index in [1.165, 1.54) is 5.56 Å². The van der Waals surface area contributed by atoms with Crippen LogP contribution in [0.4, 0.5) is 0 Å². The van der Waals surface area contributed by atoms with Crippen LogP contribution >= 0.6 is 23.2 Å². The molecule has 3 rings (SSSR count). The number of carbonyl (C=O) groups is 1. The van der Waals surface area contributed by atoms with Gasteiger partial charge < -0.3 is 11.1 Å². The largest absolute Gasteiger partial charge is 0.354 e. The molecule has 2 aromatic carbocycles. The molecule has 0 saturated heterocycles. The lowest BCUT2D eigenvalue weighted by Crippen LogP contribution is -2.55. The van der Waals surface area contributed by atoms with Crippen LogP contribution in [0.1, 0.15) is 62.0 Å². The van der Waals surface area contributed by atoms with Crippen LogP contribution in [0.2, 0.25) is 10.0 Å². The van der Waals surface area contributed by atoms with Crippen molar-refractivity contribution in [1.29, 1.82) is 0 Å². The minimum atomic E-state index is -0.730. The Bertz CT molecular complexity index is 783. The minimum absolute atomic E-state index is 0.0329. The number of benzene rings is 2. The lowest BCUT2D eigenvalue weighted by molar-refractivity contribution is -0.127. The Morgan fingerprint density at radius 1 is 0.964 bits per heavy atom. The van der Waals surface area contributed by atoms with Gasteiger partial charge in [0.1, 0.15) is 0 Å². The molecule has 0 spiro atoms. The van der Waals surface area contributed by atoms with E-state index in [4.69, 9.17) is 28.9 Å². The van der Waals surface area contributed by atoms with Crippen LogP contribution in [0, 0.1) is 0 Å². The van der Waals surface area contributed by atoms with E-state index in [1.807, 2.05) is 48.5 Å². The van der Waals surface area contributed by atoms with Gasteiger partial charge in [-0.15, -0.1) is 0 Å². The Morgan fingerprint density at radius 2 is 1.46 bits per heavy atom. The zero-order valence-electron chi connectivity index (χ0n) is 16.3. The second-order valence-corrected chi connectivity index (χ2v) is 8.80. The lowest BCUT2D eigenvalue weighted by Gasteiger charge is -2.33. The Morgan fingerprint density at radius 3 is 2.00 bits per heavy atom. The lowest BCUT2D eigenvalue weighted by atomic mass is 9.80. The van der Waals surface area contributed by atoms with Gasteiger partial charge in [0.15, 0.2) is 0 Å². The van der Waals surface area contributed by atoms with E-state index in [0.717, 1.165) is 42.7 Å². The summed E-state index contributed by atoms with van der Waals surface area (Å²) in [6.45, 7) is 2.71. The number of nitrogens with two attached hydrogens (primary N) is 1. The maximum atomic E-state index is 12.8. The second kappa shape index (κ2) is 9.30.